The van der Waals surface area contributed by atoms with E-state index in [1.807, 2.05) is 0 Å². The average molecular weight is 247 g/mol. The minimum atomic E-state index is 0.0907. The number of hydrogen-bond acceptors (Lipinski definition) is 2. The second kappa shape index (κ2) is 6.35. The molecule has 1 unspecified atom stereocenters. The first-order valence-corrected chi connectivity index (χ1v) is 7.15. The molecule has 0 bridgehead atoms. The van der Waals surface area contributed by atoms with Gasteiger partial charge in [0.2, 0.25) is 0 Å². The summed E-state index contributed by atoms with van der Waals surface area (Å²) in [6.07, 6.45) is 6.51. The lowest BCUT2D eigenvalue weighted by atomic mass is 9.93. The number of hydrogen-bond donors (Lipinski definition) is 2. The van der Waals surface area contributed by atoms with Crippen LogP contribution in [-0.2, 0) is 0 Å². The molecule has 0 radical (unpaired) electrons. The van der Waals surface area contributed by atoms with Crippen molar-refractivity contribution < 1.29 is 5.11 Å². The Morgan fingerprint density at radius 3 is 2.61 bits per heavy atom. The molecule has 0 amide bonds. The number of aliphatic hydroxyl groups is 1. The topological polar surface area (TPSA) is 32.3 Å². The van der Waals surface area contributed by atoms with Crippen LogP contribution in [0.5, 0.6) is 0 Å². The van der Waals surface area contributed by atoms with E-state index in [1.54, 1.807) is 0 Å². The van der Waals surface area contributed by atoms with Crippen molar-refractivity contribution in [1.29, 1.82) is 0 Å². The van der Waals surface area contributed by atoms with Gasteiger partial charge in [-0.2, -0.15) is 0 Å². The Kier molecular flexibility index (Phi) is 4.79. The smallest absolute Gasteiger partial charge is 0.0626 e. The Hall–Kier alpha value is -0.860. The highest BCUT2D eigenvalue weighted by molar-refractivity contribution is 5.33. The van der Waals surface area contributed by atoms with Gasteiger partial charge in [0.25, 0.3) is 0 Å². The van der Waals surface area contributed by atoms with Gasteiger partial charge in [-0.25, -0.2) is 0 Å². The van der Waals surface area contributed by atoms with Crippen molar-refractivity contribution in [3.8, 4) is 0 Å². The molecule has 0 heterocycles. The normalized spacial score (nSPS) is 18.8. The van der Waals surface area contributed by atoms with E-state index in [1.165, 1.54) is 48.8 Å². The number of benzene rings is 1. The third-order valence-corrected chi connectivity index (χ3v) is 4.03. The van der Waals surface area contributed by atoms with Crippen molar-refractivity contribution >= 4 is 0 Å². The van der Waals surface area contributed by atoms with Gasteiger partial charge in [0, 0.05) is 6.04 Å². The molecule has 1 aromatic rings. The quantitative estimate of drug-likeness (QED) is 0.856. The minimum Gasteiger partial charge on any atom is -0.394 e. The highest BCUT2D eigenvalue weighted by atomic mass is 16.3. The maximum absolute atomic E-state index is 9.66. The van der Waals surface area contributed by atoms with Gasteiger partial charge in [0.1, 0.15) is 0 Å². The van der Waals surface area contributed by atoms with Gasteiger partial charge in [0.15, 0.2) is 0 Å². The van der Waals surface area contributed by atoms with Crippen molar-refractivity contribution in [2.24, 2.45) is 0 Å². The maximum atomic E-state index is 9.66. The lowest BCUT2D eigenvalue weighted by molar-refractivity contribution is 0.220. The molecule has 1 aliphatic rings. The molecular formula is C16H25NO. The predicted molar refractivity (Wildman–Crippen MR) is 75.8 cm³/mol. The van der Waals surface area contributed by atoms with Crippen LogP contribution in [0, 0.1) is 13.8 Å². The van der Waals surface area contributed by atoms with Gasteiger partial charge < -0.3 is 10.4 Å². The number of nitrogens with one attached hydrogen (secondary N) is 1. The van der Waals surface area contributed by atoms with Crippen LogP contribution in [0.15, 0.2) is 18.2 Å². The fourth-order valence-electron chi connectivity index (χ4n) is 2.93. The molecule has 2 N–H and O–H groups in total. The van der Waals surface area contributed by atoms with Gasteiger partial charge in [-0.05, 0) is 37.8 Å². The summed E-state index contributed by atoms with van der Waals surface area (Å²) in [6, 6.07) is 7.15. The summed E-state index contributed by atoms with van der Waals surface area (Å²) in [5, 5.41) is 13.3. The van der Waals surface area contributed by atoms with Gasteiger partial charge in [0.05, 0.1) is 12.6 Å². The molecule has 2 rings (SSSR count). The van der Waals surface area contributed by atoms with Crippen LogP contribution in [0.1, 0.15) is 54.8 Å². The maximum Gasteiger partial charge on any atom is 0.0626 e. The van der Waals surface area contributed by atoms with E-state index in [-0.39, 0.29) is 12.6 Å². The van der Waals surface area contributed by atoms with Crippen molar-refractivity contribution in [3.63, 3.8) is 0 Å². The Morgan fingerprint density at radius 2 is 1.94 bits per heavy atom. The van der Waals surface area contributed by atoms with Gasteiger partial charge in [-0.15, -0.1) is 0 Å². The van der Waals surface area contributed by atoms with Crippen LogP contribution in [0.25, 0.3) is 0 Å². The molecule has 100 valence electrons. The Morgan fingerprint density at radius 1 is 1.22 bits per heavy atom. The van der Waals surface area contributed by atoms with E-state index < -0.39 is 0 Å². The molecule has 1 saturated carbocycles. The first-order valence-electron chi connectivity index (χ1n) is 7.15. The third-order valence-electron chi connectivity index (χ3n) is 4.03. The molecule has 2 nitrogen and oxygen atoms in total. The third kappa shape index (κ3) is 3.33. The molecule has 0 spiro atoms. The molecule has 0 aliphatic heterocycles. The van der Waals surface area contributed by atoms with Crippen molar-refractivity contribution in [3.05, 3.63) is 34.9 Å². The molecule has 1 aliphatic carbocycles. The van der Waals surface area contributed by atoms with Crippen molar-refractivity contribution in [2.75, 3.05) is 6.61 Å². The summed E-state index contributed by atoms with van der Waals surface area (Å²) >= 11 is 0. The van der Waals surface area contributed by atoms with E-state index in [9.17, 15) is 5.11 Å². The van der Waals surface area contributed by atoms with Crippen LogP contribution < -0.4 is 5.32 Å². The standard InChI is InChI=1S/C16H25NO/c1-12-8-9-13(2)15(10-12)16(11-18)17-14-6-4-3-5-7-14/h8-10,14,16-18H,3-7,11H2,1-2H3. The lowest BCUT2D eigenvalue weighted by Gasteiger charge is -2.28. The van der Waals surface area contributed by atoms with E-state index in [4.69, 9.17) is 0 Å². The SMILES string of the molecule is Cc1ccc(C)c(C(CO)NC2CCCCC2)c1. The first kappa shape index (κ1) is 13.6. The summed E-state index contributed by atoms with van der Waals surface area (Å²) in [6.45, 7) is 4.42. The Bertz CT molecular complexity index is 383. The second-order valence-corrected chi connectivity index (χ2v) is 5.60. The molecular weight excluding hydrogens is 222 g/mol. The van der Waals surface area contributed by atoms with Crippen LogP contribution in [-0.4, -0.2) is 17.8 Å². The second-order valence-electron chi connectivity index (χ2n) is 5.60. The van der Waals surface area contributed by atoms with Crippen LogP contribution >= 0.6 is 0 Å². The highest BCUT2D eigenvalue weighted by Gasteiger charge is 2.19. The summed E-state index contributed by atoms with van der Waals surface area (Å²) in [4.78, 5) is 0. The number of rotatable bonds is 4. The Labute approximate surface area is 110 Å². The average Bonchev–Trinajstić information content (AvgIpc) is 2.40. The molecule has 1 aromatic carbocycles. The zero-order valence-corrected chi connectivity index (χ0v) is 11.6. The van der Waals surface area contributed by atoms with Gasteiger partial charge in [-0.1, -0.05) is 43.0 Å². The molecule has 1 fully saturated rings. The van der Waals surface area contributed by atoms with Crippen LogP contribution in [0.2, 0.25) is 0 Å². The molecule has 1 atom stereocenters. The summed E-state index contributed by atoms with van der Waals surface area (Å²) in [5.41, 5.74) is 3.78. The predicted octanol–water partition coefficient (Wildman–Crippen LogP) is 3.26. The van der Waals surface area contributed by atoms with E-state index >= 15 is 0 Å². The van der Waals surface area contributed by atoms with Gasteiger partial charge in [-0.3, -0.25) is 0 Å². The van der Waals surface area contributed by atoms with Gasteiger partial charge >= 0.3 is 0 Å². The fourth-order valence-corrected chi connectivity index (χ4v) is 2.93. The Balaban J connectivity index is 2.09. The zero-order chi connectivity index (χ0) is 13.0. The number of aryl methyl sites for hydroxylation is 2. The van der Waals surface area contributed by atoms with Crippen LogP contribution in [0.3, 0.4) is 0 Å². The molecule has 0 aromatic heterocycles. The zero-order valence-electron chi connectivity index (χ0n) is 11.6. The van der Waals surface area contributed by atoms with Crippen molar-refractivity contribution in [1.82, 2.24) is 5.32 Å². The molecule has 0 saturated heterocycles. The highest BCUT2D eigenvalue weighted by Crippen LogP contribution is 2.24. The number of aliphatic hydroxyl groups excluding tert-OH is 1. The molecule has 18 heavy (non-hydrogen) atoms. The van der Waals surface area contributed by atoms with E-state index in [0.717, 1.165) is 0 Å². The first-order chi connectivity index (χ1) is 8.70. The van der Waals surface area contributed by atoms with E-state index in [2.05, 4.69) is 37.4 Å². The lowest BCUT2D eigenvalue weighted by Crippen LogP contribution is -2.36. The largest absolute Gasteiger partial charge is 0.394 e. The van der Waals surface area contributed by atoms with Crippen molar-refractivity contribution in [2.45, 2.75) is 58.0 Å². The summed E-state index contributed by atoms with van der Waals surface area (Å²) in [5.74, 6) is 0. The molecule has 2 heteroatoms. The van der Waals surface area contributed by atoms with Crippen LogP contribution in [0.4, 0.5) is 0 Å². The monoisotopic (exact) mass is 247 g/mol. The minimum absolute atomic E-state index is 0.0907. The summed E-state index contributed by atoms with van der Waals surface area (Å²) < 4.78 is 0. The fraction of sp³-hybridized carbons (Fsp3) is 0.625. The summed E-state index contributed by atoms with van der Waals surface area (Å²) in [7, 11) is 0. The van der Waals surface area contributed by atoms with E-state index in [0.29, 0.717) is 6.04 Å².